The van der Waals surface area contributed by atoms with Gasteiger partial charge in [0.15, 0.2) is 0 Å². The van der Waals surface area contributed by atoms with Crippen LogP contribution < -0.4 is 0 Å². The second-order valence-electron chi connectivity index (χ2n) is 8.64. The van der Waals surface area contributed by atoms with E-state index in [4.69, 9.17) is 9.47 Å². The lowest BCUT2D eigenvalue weighted by molar-refractivity contribution is -0.155. The Bertz CT molecular complexity index is 897. The Hall–Kier alpha value is -2.30. The summed E-state index contributed by atoms with van der Waals surface area (Å²) >= 11 is 0. The first-order valence-corrected chi connectivity index (χ1v) is 9.87. The van der Waals surface area contributed by atoms with Crippen molar-refractivity contribution < 1.29 is 19.1 Å². The summed E-state index contributed by atoms with van der Waals surface area (Å²) in [5, 5.41) is 1.08. The van der Waals surface area contributed by atoms with Gasteiger partial charge in [-0.3, -0.25) is 4.79 Å². The van der Waals surface area contributed by atoms with Gasteiger partial charge in [-0.25, -0.2) is 4.79 Å². The lowest BCUT2D eigenvalue weighted by Gasteiger charge is -2.21. The Balaban J connectivity index is 1.78. The van der Waals surface area contributed by atoms with Crippen LogP contribution in [0.15, 0.2) is 18.2 Å². The number of rotatable bonds is 3. The minimum atomic E-state index is -0.559. The third-order valence-corrected chi connectivity index (χ3v) is 5.50. The number of nitrogens with zero attached hydrogens (tertiary/aromatic N) is 1. The van der Waals surface area contributed by atoms with E-state index >= 15 is 0 Å². The monoisotopic (exact) mass is 369 g/mol. The summed E-state index contributed by atoms with van der Waals surface area (Å²) in [7, 11) is 0. The molecule has 1 aliphatic carbocycles. The van der Waals surface area contributed by atoms with Crippen LogP contribution >= 0.6 is 0 Å². The van der Waals surface area contributed by atoms with Crippen LogP contribution in [0.25, 0.3) is 10.9 Å². The number of cyclic esters (lactones) is 1. The average molecular weight is 369 g/mol. The molecule has 5 heteroatoms. The lowest BCUT2D eigenvalue weighted by atomic mass is 9.95. The number of carbonyl (C=O) groups excluding carboxylic acids is 2. The summed E-state index contributed by atoms with van der Waals surface area (Å²) in [4.78, 5) is 24.9. The van der Waals surface area contributed by atoms with E-state index in [0.717, 1.165) is 16.5 Å². The van der Waals surface area contributed by atoms with Crippen LogP contribution in [-0.4, -0.2) is 28.7 Å². The summed E-state index contributed by atoms with van der Waals surface area (Å²) in [5.74, 6) is -0.0892. The van der Waals surface area contributed by atoms with Crippen molar-refractivity contribution in [3.05, 3.63) is 35.0 Å². The molecule has 0 bridgehead atoms. The third kappa shape index (κ3) is 3.47. The molecule has 1 fully saturated rings. The molecular weight excluding hydrogens is 342 g/mol. The van der Waals surface area contributed by atoms with Gasteiger partial charge >= 0.3 is 11.9 Å². The summed E-state index contributed by atoms with van der Waals surface area (Å²) in [6.07, 6.45) is 5.72. The number of carbonyl (C=O) groups is 2. The van der Waals surface area contributed by atoms with Crippen LogP contribution in [0.5, 0.6) is 0 Å². The molecule has 1 aromatic carbocycles. The summed E-state index contributed by atoms with van der Waals surface area (Å²) < 4.78 is 12.5. The van der Waals surface area contributed by atoms with E-state index in [0.29, 0.717) is 24.6 Å². The molecule has 144 valence electrons. The SMILES string of the molecule is CC(C)(C)OC(=O)Cn1c2c(c3cc(C4CCCC4)ccc31)CCOC2=O. The Labute approximate surface area is 159 Å². The first kappa shape index (κ1) is 18.1. The number of benzene rings is 1. The van der Waals surface area contributed by atoms with Crippen molar-refractivity contribution in [3.8, 4) is 0 Å². The maximum atomic E-state index is 12.5. The molecule has 2 heterocycles. The molecule has 27 heavy (non-hydrogen) atoms. The molecule has 5 nitrogen and oxygen atoms in total. The highest BCUT2D eigenvalue weighted by Gasteiger charge is 2.30. The summed E-state index contributed by atoms with van der Waals surface area (Å²) in [6, 6.07) is 6.44. The van der Waals surface area contributed by atoms with Crippen LogP contribution in [0, 0.1) is 0 Å². The van der Waals surface area contributed by atoms with Crippen LogP contribution in [0.3, 0.4) is 0 Å². The maximum Gasteiger partial charge on any atom is 0.355 e. The molecule has 4 rings (SSSR count). The highest BCUT2D eigenvalue weighted by molar-refractivity contribution is 6.01. The lowest BCUT2D eigenvalue weighted by Crippen LogP contribution is -2.28. The Morgan fingerprint density at radius 1 is 1.26 bits per heavy atom. The molecule has 0 saturated heterocycles. The quantitative estimate of drug-likeness (QED) is 0.755. The summed E-state index contributed by atoms with van der Waals surface area (Å²) in [6.45, 7) is 5.94. The fourth-order valence-electron chi connectivity index (χ4n) is 4.42. The molecule has 2 aliphatic rings. The van der Waals surface area contributed by atoms with Crippen molar-refractivity contribution in [3.63, 3.8) is 0 Å². The number of fused-ring (bicyclic) bond motifs is 3. The van der Waals surface area contributed by atoms with Gasteiger partial charge in [-0.15, -0.1) is 0 Å². The van der Waals surface area contributed by atoms with E-state index < -0.39 is 5.60 Å². The van der Waals surface area contributed by atoms with E-state index in [2.05, 4.69) is 18.2 Å². The number of aromatic nitrogens is 1. The predicted octanol–water partition coefficient (Wildman–Crippen LogP) is 4.35. The van der Waals surface area contributed by atoms with Crippen LogP contribution in [-0.2, 0) is 27.2 Å². The minimum Gasteiger partial charge on any atom is -0.461 e. The van der Waals surface area contributed by atoms with Crippen molar-refractivity contribution in [2.75, 3.05) is 6.61 Å². The third-order valence-electron chi connectivity index (χ3n) is 5.50. The highest BCUT2D eigenvalue weighted by Crippen LogP contribution is 2.38. The number of hydrogen-bond acceptors (Lipinski definition) is 4. The summed E-state index contributed by atoms with van der Waals surface area (Å²) in [5.41, 5.74) is 3.20. The van der Waals surface area contributed by atoms with E-state index in [1.54, 1.807) is 4.57 Å². The van der Waals surface area contributed by atoms with Gasteiger partial charge in [0.1, 0.15) is 17.8 Å². The van der Waals surface area contributed by atoms with Gasteiger partial charge in [-0.05, 0) is 62.8 Å². The van der Waals surface area contributed by atoms with Crippen LogP contribution in [0.1, 0.15) is 74.0 Å². The first-order valence-electron chi connectivity index (χ1n) is 9.87. The smallest absolute Gasteiger partial charge is 0.355 e. The average Bonchev–Trinajstić information content (AvgIpc) is 3.21. The zero-order valence-electron chi connectivity index (χ0n) is 16.3. The second-order valence-corrected chi connectivity index (χ2v) is 8.64. The van der Waals surface area contributed by atoms with E-state index in [9.17, 15) is 9.59 Å². The van der Waals surface area contributed by atoms with Crippen LogP contribution in [0.4, 0.5) is 0 Å². The van der Waals surface area contributed by atoms with Crippen molar-refractivity contribution >= 4 is 22.8 Å². The number of hydrogen-bond donors (Lipinski definition) is 0. The van der Waals surface area contributed by atoms with Gasteiger partial charge in [-0.2, -0.15) is 0 Å². The second kappa shape index (κ2) is 6.70. The predicted molar refractivity (Wildman–Crippen MR) is 103 cm³/mol. The fraction of sp³-hybridized carbons (Fsp3) is 0.545. The van der Waals surface area contributed by atoms with Crippen molar-refractivity contribution in [1.29, 1.82) is 0 Å². The van der Waals surface area contributed by atoms with Crippen molar-refractivity contribution in [2.45, 2.75) is 70.9 Å². The molecular formula is C22H27NO4. The Morgan fingerprint density at radius 2 is 2.00 bits per heavy atom. The van der Waals surface area contributed by atoms with Gasteiger partial charge in [0.05, 0.1) is 6.61 Å². The first-order chi connectivity index (χ1) is 12.8. The van der Waals surface area contributed by atoms with E-state index in [1.807, 2.05) is 20.8 Å². The van der Waals surface area contributed by atoms with Crippen molar-refractivity contribution in [2.24, 2.45) is 0 Å². The molecule has 2 aromatic rings. The van der Waals surface area contributed by atoms with Gasteiger partial charge in [0.2, 0.25) is 0 Å². The molecule has 0 spiro atoms. The molecule has 0 radical (unpaired) electrons. The molecule has 1 aromatic heterocycles. The maximum absolute atomic E-state index is 12.5. The topological polar surface area (TPSA) is 57.5 Å². The normalized spacial score (nSPS) is 17.8. The highest BCUT2D eigenvalue weighted by atomic mass is 16.6. The molecule has 1 saturated carbocycles. The standard InChI is InChI=1S/C22H27NO4/c1-22(2,3)27-19(24)13-23-18-9-8-15(14-6-4-5-7-14)12-17(18)16-10-11-26-21(25)20(16)23/h8-9,12,14H,4-7,10-11,13H2,1-3H3. The van der Waals surface area contributed by atoms with E-state index in [-0.39, 0.29) is 18.5 Å². The number of esters is 2. The molecule has 0 atom stereocenters. The minimum absolute atomic E-state index is 0.0149. The molecule has 0 amide bonds. The Kier molecular flexibility index (Phi) is 4.49. The van der Waals surface area contributed by atoms with Gasteiger partial charge in [0.25, 0.3) is 0 Å². The van der Waals surface area contributed by atoms with Crippen LogP contribution in [0.2, 0.25) is 0 Å². The Morgan fingerprint density at radius 3 is 2.70 bits per heavy atom. The zero-order valence-corrected chi connectivity index (χ0v) is 16.3. The van der Waals surface area contributed by atoms with Crippen molar-refractivity contribution in [1.82, 2.24) is 4.57 Å². The fourth-order valence-corrected chi connectivity index (χ4v) is 4.42. The van der Waals surface area contributed by atoms with Gasteiger partial charge in [0, 0.05) is 17.3 Å². The number of ether oxygens (including phenoxy) is 2. The largest absolute Gasteiger partial charge is 0.461 e. The van der Waals surface area contributed by atoms with E-state index in [1.165, 1.54) is 31.2 Å². The molecule has 0 N–H and O–H groups in total. The molecule has 1 aliphatic heterocycles. The zero-order chi connectivity index (χ0) is 19.2. The van der Waals surface area contributed by atoms with Gasteiger partial charge < -0.3 is 14.0 Å². The van der Waals surface area contributed by atoms with Gasteiger partial charge in [-0.1, -0.05) is 18.9 Å². The molecule has 0 unspecified atom stereocenters.